The molecular weight excluding hydrogens is 632 g/mol. The van der Waals surface area contributed by atoms with Crippen molar-refractivity contribution in [3.63, 3.8) is 0 Å². The molecule has 4 saturated carbocycles. The molecule has 0 aromatic heterocycles. The Hall–Kier alpha value is -2.91. The molecule has 48 heavy (non-hydrogen) atoms. The van der Waals surface area contributed by atoms with Crippen LogP contribution in [0.4, 0.5) is 0 Å². The predicted octanol–water partition coefficient (Wildman–Crippen LogP) is -0.0433. The maximum atomic E-state index is 14.7. The highest BCUT2D eigenvalue weighted by Crippen LogP contribution is 2.75. The lowest BCUT2D eigenvalue weighted by Gasteiger charge is -2.67. The highest BCUT2D eigenvalue weighted by Gasteiger charge is 2.85. The number of epoxide rings is 1. The molecule has 264 valence electrons. The molecule has 0 aromatic rings. The molecule has 0 amide bonds. The second-order valence-corrected chi connectivity index (χ2v) is 16.0. The van der Waals surface area contributed by atoms with Crippen LogP contribution in [-0.2, 0) is 47.7 Å². The number of carbonyl (C=O) groups is 5. The fraction of sp³-hybridized carbons (Fsp3) is 0.794. The molecule has 0 aromatic carbocycles. The van der Waals surface area contributed by atoms with Crippen LogP contribution in [0.25, 0.3) is 0 Å². The SMILES string of the molecule is CC(=O)O[C@H]1[C@H]2[C@@H](C(=O)[C@H](O)[C@@]3(O)C[C@@H]4O[C@@H]4[C@H](OC(C)=O)[C@]23C)[C@@H]2[C@@H](O)[C@@H]3[C@H]([C@H](C)C=C4OC(=O)[C@@](C)(O)[C@@]43C)[C@@]2(C)[C@H]1OC(C)=O. The first-order valence-corrected chi connectivity index (χ1v) is 16.6. The van der Waals surface area contributed by atoms with Crippen molar-refractivity contribution in [2.45, 2.75) is 116 Å². The van der Waals surface area contributed by atoms with Crippen LogP contribution in [0.3, 0.4) is 0 Å². The van der Waals surface area contributed by atoms with Gasteiger partial charge in [0, 0.05) is 61.7 Å². The van der Waals surface area contributed by atoms with Crippen molar-refractivity contribution in [1.82, 2.24) is 0 Å². The van der Waals surface area contributed by atoms with Crippen molar-refractivity contribution in [3.8, 4) is 0 Å². The van der Waals surface area contributed by atoms with Gasteiger partial charge in [0.15, 0.2) is 11.4 Å². The molecule has 5 aliphatic carbocycles. The van der Waals surface area contributed by atoms with Gasteiger partial charge in [0.1, 0.15) is 41.9 Å². The number of ether oxygens (including phenoxy) is 5. The van der Waals surface area contributed by atoms with Crippen LogP contribution >= 0.6 is 0 Å². The maximum absolute atomic E-state index is 14.7. The molecule has 7 rings (SSSR count). The van der Waals surface area contributed by atoms with Crippen LogP contribution < -0.4 is 0 Å². The van der Waals surface area contributed by atoms with Crippen molar-refractivity contribution in [2.75, 3.05) is 0 Å². The fourth-order valence-electron chi connectivity index (χ4n) is 11.9. The number of aliphatic hydroxyl groups excluding tert-OH is 2. The average molecular weight is 677 g/mol. The van der Waals surface area contributed by atoms with Gasteiger partial charge in [-0.1, -0.05) is 20.8 Å². The molecule has 0 spiro atoms. The molecule has 0 unspecified atom stereocenters. The van der Waals surface area contributed by atoms with E-state index in [2.05, 4.69) is 0 Å². The van der Waals surface area contributed by atoms with Crippen LogP contribution in [-0.4, -0.2) is 104 Å². The van der Waals surface area contributed by atoms with Gasteiger partial charge in [-0.2, -0.15) is 0 Å². The Morgan fingerprint density at radius 2 is 1.44 bits per heavy atom. The molecule has 14 heteroatoms. The summed E-state index contributed by atoms with van der Waals surface area (Å²) in [5.74, 6) is -9.78. The van der Waals surface area contributed by atoms with E-state index in [9.17, 15) is 44.4 Å². The molecule has 4 N–H and O–H groups in total. The summed E-state index contributed by atoms with van der Waals surface area (Å²) in [6.45, 7) is 11.5. The molecule has 2 saturated heterocycles. The minimum absolute atomic E-state index is 0.167. The summed E-state index contributed by atoms with van der Waals surface area (Å²) in [4.78, 5) is 66.3. The van der Waals surface area contributed by atoms with Gasteiger partial charge in [-0.05, 0) is 31.8 Å². The molecule has 2 heterocycles. The van der Waals surface area contributed by atoms with Crippen molar-refractivity contribution < 1.29 is 68.1 Å². The summed E-state index contributed by atoms with van der Waals surface area (Å²) in [6, 6.07) is 0. The number of allylic oxidation sites excluding steroid dienone is 1. The first-order valence-electron chi connectivity index (χ1n) is 16.6. The molecule has 6 fully saturated rings. The average Bonchev–Trinajstić information content (AvgIpc) is 3.64. The smallest absolute Gasteiger partial charge is 0.343 e. The van der Waals surface area contributed by atoms with Crippen LogP contribution in [0.5, 0.6) is 0 Å². The lowest BCUT2D eigenvalue weighted by Crippen LogP contribution is -2.80. The Morgan fingerprint density at radius 1 is 0.854 bits per heavy atom. The molecule has 0 radical (unpaired) electrons. The summed E-state index contributed by atoms with van der Waals surface area (Å²) >= 11 is 0. The van der Waals surface area contributed by atoms with E-state index in [1.165, 1.54) is 20.8 Å². The zero-order valence-electron chi connectivity index (χ0n) is 28.2. The summed E-state index contributed by atoms with van der Waals surface area (Å²) in [6.07, 6.45) is -7.39. The molecule has 2 aliphatic heterocycles. The third-order valence-corrected chi connectivity index (χ3v) is 14.0. The molecule has 14 nitrogen and oxygen atoms in total. The summed E-state index contributed by atoms with van der Waals surface area (Å²) in [5.41, 5.74) is -9.01. The number of hydrogen-bond acceptors (Lipinski definition) is 14. The number of esters is 4. The van der Waals surface area contributed by atoms with Crippen LogP contribution in [0, 0.1) is 51.8 Å². The van der Waals surface area contributed by atoms with E-state index in [-0.39, 0.29) is 12.2 Å². The number of rotatable bonds is 3. The van der Waals surface area contributed by atoms with Crippen molar-refractivity contribution in [2.24, 2.45) is 51.8 Å². The monoisotopic (exact) mass is 676 g/mol. The highest BCUT2D eigenvalue weighted by molar-refractivity contribution is 5.90. The van der Waals surface area contributed by atoms with Gasteiger partial charge in [0.2, 0.25) is 0 Å². The van der Waals surface area contributed by atoms with E-state index in [4.69, 9.17) is 23.7 Å². The van der Waals surface area contributed by atoms with E-state index in [1.54, 1.807) is 26.8 Å². The van der Waals surface area contributed by atoms with Crippen LogP contribution in [0.2, 0.25) is 0 Å². The third kappa shape index (κ3) is 3.68. The van der Waals surface area contributed by atoms with Crippen molar-refractivity contribution in [3.05, 3.63) is 11.8 Å². The Morgan fingerprint density at radius 3 is 2.02 bits per heavy atom. The lowest BCUT2D eigenvalue weighted by atomic mass is 9.40. The van der Waals surface area contributed by atoms with Gasteiger partial charge in [-0.15, -0.1) is 0 Å². The number of ketones is 1. The zero-order valence-corrected chi connectivity index (χ0v) is 28.2. The molecular formula is C34H44O14. The van der Waals surface area contributed by atoms with Gasteiger partial charge in [-0.3, -0.25) is 19.2 Å². The second-order valence-electron chi connectivity index (χ2n) is 16.0. The third-order valence-electron chi connectivity index (χ3n) is 14.0. The predicted molar refractivity (Wildman–Crippen MR) is 158 cm³/mol. The van der Waals surface area contributed by atoms with E-state index in [0.29, 0.717) is 0 Å². The summed E-state index contributed by atoms with van der Waals surface area (Å²) in [5, 5.41) is 48.6. The molecule has 7 aliphatic rings. The van der Waals surface area contributed by atoms with Crippen molar-refractivity contribution >= 4 is 29.7 Å². The Bertz CT molecular complexity index is 1550. The maximum Gasteiger partial charge on any atom is 0.343 e. The van der Waals surface area contributed by atoms with E-state index < -0.39 is 135 Å². The first-order chi connectivity index (χ1) is 22.1. The topological polar surface area (TPSA) is 216 Å². The van der Waals surface area contributed by atoms with Gasteiger partial charge in [-0.25, -0.2) is 4.79 Å². The zero-order chi connectivity index (χ0) is 35.4. The van der Waals surface area contributed by atoms with E-state index in [1.807, 2.05) is 6.92 Å². The molecule has 18 atom stereocenters. The number of Topliss-reactive ketones (excluding diaryl/α,β-unsaturated/α-hetero) is 1. The van der Waals surface area contributed by atoms with Gasteiger partial charge < -0.3 is 44.1 Å². The largest absolute Gasteiger partial charge is 0.459 e. The normalized spacial score (nSPS) is 55.8. The quantitative estimate of drug-likeness (QED) is 0.175. The fourth-order valence-corrected chi connectivity index (χ4v) is 11.9. The molecule has 0 bridgehead atoms. The second kappa shape index (κ2) is 9.87. The summed E-state index contributed by atoms with van der Waals surface area (Å²) in [7, 11) is 0. The van der Waals surface area contributed by atoms with Crippen LogP contribution in [0.15, 0.2) is 11.8 Å². The lowest BCUT2D eigenvalue weighted by molar-refractivity contribution is -0.302. The number of hydrogen-bond donors (Lipinski definition) is 4. The Kier molecular flexibility index (Phi) is 6.90. The van der Waals surface area contributed by atoms with Gasteiger partial charge >= 0.3 is 23.9 Å². The number of carbonyl (C=O) groups excluding carboxylic acids is 5. The van der Waals surface area contributed by atoms with Crippen molar-refractivity contribution in [1.29, 1.82) is 0 Å². The minimum atomic E-state index is -2.25. The summed E-state index contributed by atoms with van der Waals surface area (Å²) < 4.78 is 29.4. The number of fused-ring (bicyclic) bond motifs is 10. The Labute approximate surface area is 277 Å². The first kappa shape index (κ1) is 33.6. The minimum Gasteiger partial charge on any atom is -0.459 e. The highest BCUT2D eigenvalue weighted by atomic mass is 16.6. The van der Waals surface area contributed by atoms with Crippen LogP contribution in [0.1, 0.15) is 61.8 Å². The van der Waals surface area contributed by atoms with E-state index >= 15 is 0 Å². The van der Waals surface area contributed by atoms with Gasteiger partial charge in [0.05, 0.1) is 17.6 Å². The standard InChI is InChI=1S/C34H44O14/c1-11-9-16-31(6,33(8,42)29(41)48-16)21-18(11)30(5)19(23(21)39)17-20(25(44-12(2)35)27(30)45-13(3)36)32(7)28(46-14(4)37)24-15(47-24)10-34(32,43)26(40)22(17)38/h9,11,15,17-21,23-28,39-40,42-43H,10H2,1-8H3/t11-,15+,17+,18+,19-,20-,21+,23-,24+,25+,26+,27+,28+,30-,31+,32+,33-,34+/m1/s1. The Balaban J connectivity index is 1.51. The van der Waals surface area contributed by atoms with Gasteiger partial charge in [0.25, 0.3) is 0 Å². The van der Waals surface area contributed by atoms with E-state index in [0.717, 1.165) is 6.92 Å². The number of aliphatic hydroxyl groups is 4.